The number of phenolic OH excluding ortho intramolecular Hbond substituents is 1. The molecule has 220 valence electrons. The molecule has 2 spiro atoms. The van der Waals surface area contributed by atoms with Gasteiger partial charge in [-0.05, 0) is 120 Å². The Morgan fingerprint density at radius 1 is 0.950 bits per heavy atom. The van der Waals surface area contributed by atoms with E-state index in [0.717, 1.165) is 24.2 Å². The summed E-state index contributed by atoms with van der Waals surface area (Å²) in [4.78, 5) is 12.4. The molecule has 0 aromatic heterocycles. The number of hydrogen-bond acceptors (Lipinski definition) is 2. The quantitative estimate of drug-likeness (QED) is 0.358. The minimum Gasteiger partial charge on any atom is -0.507 e. The van der Waals surface area contributed by atoms with Crippen LogP contribution in [0.2, 0.25) is 0 Å². The van der Waals surface area contributed by atoms with Gasteiger partial charge in [0.05, 0.1) is 5.56 Å². The van der Waals surface area contributed by atoms with Crippen LogP contribution in [0.15, 0.2) is 24.3 Å². The predicted octanol–water partition coefficient (Wildman–Crippen LogP) is 9.99. The third-order valence-electron chi connectivity index (χ3n) is 14.2. The highest BCUT2D eigenvalue weighted by atomic mass is 16.4. The van der Waals surface area contributed by atoms with Crippen LogP contribution in [0.3, 0.4) is 0 Å². The average Bonchev–Trinajstić information content (AvgIpc) is 3.47. The Kier molecular flexibility index (Phi) is 6.46. The molecule has 1 aromatic carbocycles. The molecular formula is C37H54O3. The SMILES string of the molecule is CC(C)CCC[C@@H](C)[C@H]1CC[C@@]2(C)[C@@H]3CC[C@H]4C(C)(C)CC=C(c5c(O)cccc5C(=O)O)[C@@]45C[C@@]35CC[C@]12C. The monoisotopic (exact) mass is 546 g/mol. The highest BCUT2D eigenvalue weighted by molar-refractivity contribution is 5.97. The first-order valence-electron chi connectivity index (χ1n) is 16.5. The normalized spacial score (nSPS) is 41.8. The summed E-state index contributed by atoms with van der Waals surface area (Å²) in [5, 5.41) is 21.4. The Morgan fingerprint density at radius 2 is 1.68 bits per heavy atom. The summed E-state index contributed by atoms with van der Waals surface area (Å²) in [6, 6.07) is 5.08. The molecule has 0 radical (unpaired) electrons. The minimum absolute atomic E-state index is 0.00793. The van der Waals surface area contributed by atoms with Crippen LogP contribution in [0.5, 0.6) is 5.75 Å². The summed E-state index contributed by atoms with van der Waals surface area (Å²) in [6.07, 6.45) is 16.4. The first-order chi connectivity index (χ1) is 18.8. The van der Waals surface area contributed by atoms with E-state index in [1.54, 1.807) is 18.2 Å². The van der Waals surface area contributed by atoms with Crippen molar-refractivity contribution in [2.75, 3.05) is 0 Å². The van der Waals surface area contributed by atoms with Crippen molar-refractivity contribution in [3.8, 4) is 5.75 Å². The van der Waals surface area contributed by atoms with Gasteiger partial charge in [0.1, 0.15) is 5.75 Å². The molecule has 6 rings (SSSR count). The number of carboxylic acids is 1. The fourth-order valence-electron chi connectivity index (χ4n) is 12.2. The highest BCUT2D eigenvalue weighted by Crippen LogP contribution is 2.90. The third kappa shape index (κ3) is 3.57. The van der Waals surface area contributed by atoms with Gasteiger partial charge in [-0.2, -0.15) is 0 Å². The summed E-state index contributed by atoms with van der Waals surface area (Å²) in [5.74, 6) is 2.82. The molecule has 0 amide bonds. The van der Waals surface area contributed by atoms with E-state index in [4.69, 9.17) is 0 Å². The molecule has 0 bridgehead atoms. The third-order valence-corrected chi connectivity index (χ3v) is 14.2. The van der Waals surface area contributed by atoms with Crippen LogP contribution >= 0.6 is 0 Å². The second-order valence-electron chi connectivity index (χ2n) is 16.6. The van der Waals surface area contributed by atoms with Crippen molar-refractivity contribution in [2.45, 2.75) is 119 Å². The lowest BCUT2D eigenvalue weighted by Gasteiger charge is -2.63. The van der Waals surface area contributed by atoms with E-state index >= 15 is 0 Å². The number of rotatable bonds is 7. The molecule has 8 atom stereocenters. The Labute approximate surface area is 243 Å². The zero-order valence-electron chi connectivity index (χ0n) is 26.3. The smallest absolute Gasteiger partial charge is 0.336 e. The average molecular weight is 547 g/mol. The van der Waals surface area contributed by atoms with E-state index in [-0.39, 0.29) is 27.6 Å². The molecule has 0 saturated heterocycles. The van der Waals surface area contributed by atoms with Crippen LogP contribution in [0, 0.1) is 56.7 Å². The van der Waals surface area contributed by atoms with E-state index in [9.17, 15) is 15.0 Å². The second kappa shape index (κ2) is 9.11. The molecule has 5 aliphatic rings. The summed E-state index contributed by atoms with van der Waals surface area (Å²) in [5.41, 5.74) is 3.20. The van der Waals surface area contributed by atoms with Crippen LogP contribution in [0.1, 0.15) is 135 Å². The van der Waals surface area contributed by atoms with Crippen molar-refractivity contribution >= 4 is 11.5 Å². The number of allylic oxidation sites excluding steroid dienone is 2. The highest BCUT2D eigenvalue weighted by Gasteiger charge is 2.83. The number of aromatic carboxylic acids is 1. The molecule has 0 aliphatic heterocycles. The standard InChI is InChI=1S/C37H54O3/c1-23(2)10-8-11-24(3)26-17-19-35(7)30-15-14-29-33(4,5)18-16-27(31-25(32(39)40)12-9-13-28(31)38)37(29)22-36(30,37)21-20-34(26,35)6/h9,12-13,16,23-24,26,29-30,38H,8,10-11,14-15,17-22H2,1-7H3,(H,39,40)/t24-,26-,29+,30+,34-,35+,36+,37+/m1/s1. The molecule has 40 heavy (non-hydrogen) atoms. The Balaban J connectivity index is 1.39. The minimum atomic E-state index is -0.931. The molecule has 1 aromatic rings. The van der Waals surface area contributed by atoms with E-state index < -0.39 is 5.97 Å². The Hall–Kier alpha value is -1.77. The number of fused-ring (bicyclic) bond motifs is 2. The summed E-state index contributed by atoms with van der Waals surface area (Å²) in [7, 11) is 0. The molecule has 3 heteroatoms. The van der Waals surface area contributed by atoms with Crippen LogP contribution in [-0.2, 0) is 0 Å². The van der Waals surface area contributed by atoms with Crippen molar-refractivity contribution in [1.29, 1.82) is 0 Å². The van der Waals surface area contributed by atoms with Gasteiger partial charge in [-0.3, -0.25) is 0 Å². The summed E-state index contributed by atoms with van der Waals surface area (Å²) >= 11 is 0. The van der Waals surface area contributed by atoms with Gasteiger partial charge in [0.2, 0.25) is 0 Å². The van der Waals surface area contributed by atoms with Crippen LogP contribution in [-0.4, -0.2) is 16.2 Å². The largest absolute Gasteiger partial charge is 0.507 e. The summed E-state index contributed by atoms with van der Waals surface area (Å²) in [6.45, 7) is 17.5. The van der Waals surface area contributed by atoms with Crippen molar-refractivity contribution < 1.29 is 15.0 Å². The molecule has 5 aliphatic carbocycles. The van der Waals surface area contributed by atoms with E-state index in [1.807, 2.05) is 0 Å². The fraction of sp³-hybridized carbons (Fsp3) is 0.757. The number of carbonyl (C=O) groups is 1. The molecular weight excluding hydrogens is 492 g/mol. The van der Waals surface area contributed by atoms with Crippen LogP contribution in [0.4, 0.5) is 0 Å². The van der Waals surface area contributed by atoms with Gasteiger partial charge in [0.25, 0.3) is 0 Å². The first-order valence-corrected chi connectivity index (χ1v) is 16.5. The van der Waals surface area contributed by atoms with Gasteiger partial charge >= 0.3 is 5.97 Å². The van der Waals surface area contributed by atoms with E-state index in [2.05, 4.69) is 54.5 Å². The molecule has 0 heterocycles. The lowest BCUT2D eigenvalue weighted by molar-refractivity contribution is -0.125. The van der Waals surface area contributed by atoms with Gasteiger partial charge in [-0.1, -0.05) is 79.9 Å². The lowest BCUT2D eigenvalue weighted by Crippen LogP contribution is -2.56. The molecule has 4 fully saturated rings. The molecule has 2 N–H and O–H groups in total. The van der Waals surface area contributed by atoms with Gasteiger partial charge in [-0.25, -0.2) is 4.79 Å². The molecule has 4 saturated carbocycles. The van der Waals surface area contributed by atoms with E-state index in [1.165, 1.54) is 69.8 Å². The first kappa shape index (κ1) is 28.4. The second-order valence-corrected chi connectivity index (χ2v) is 16.6. The van der Waals surface area contributed by atoms with Gasteiger partial charge < -0.3 is 10.2 Å². The van der Waals surface area contributed by atoms with Gasteiger partial charge in [0, 0.05) is 11.0 Å². The van der Waals surface area contributed by atoms with Crippen molar-refractivity contribution in [3.63, 3.8) is 0 Å². The number of carboxylic acid groups (broad SMARTS) is 1. The van der Waals surface area contributed by atoms with Crippen molar-refractivity contribution in [2.24, 2.45) is 56.7 Å². The maximum Gasteiger partial charge on any atom is 0.336 e. The maximum absolute atomic E-state index is 12.4. The predicted molar refractivity (Wildman–Crippen MR) is 163 cm³/mol. The van der Waals surface area contributed by atoms with Gasteiger partial charge in [0.15, 0.2) is 0 Å². The zero-order chi connectivity index (χ0) is 28.9. The van der Waals surface area contributed by atoms with Crippen LogP contribution in [0.25, 0.3) is 5.57 Å². The fourth-order valence-corrected chi connectivity index (χ4v) is 12.2. The number of benzene rings is 1. The Bertz CT molecular complexity index is 1230. The lowest BCUT2D eigenvalue weighted by atomic mass is 9.41. The maximum atomic E-state index is 12.4. The zero-order valence-corrected chi connectivity index (χ0v) is 26.3. The van der Waals surface area contributed by atoms with Gasteiger partial charge in [-0.15, -0.1) is 0 Å². The number of aromatic hydroxyl groups is 1. The van der Waals surface area contributed by atoms with Crippen LogP contribution < -0.4 is 0 Å². The topological polar surface area (TPSA) is 57.5 Å². The van der Waals surface area contributed by atoms with Crippen molar-refractivity contribution in [1.82, 2.24) is 0 Å². The number of hydrogen-bond donors (Lipinski definition) is 2. The summed E-state index contributed by atoms with van der Waals surface area (Å²) < 4.78 is 0. The van der Waals surface area contributed by atoms with Crippen molar-refractivity contribution in [3.05, 3.63) is 35.4 Å². The van der Waals surface area contributed by atoms with E-state index in [0.29, 0.717) is 28.2 Å². The Morgan fingerprint density at radius 3 is 2.38 bits per heavy atom. The number of phenols is 1. The molecule has 3 nitrogen and oxygen atoms in total. The molecule has 0 unspecified atom stereocenters.